The lowest BCUT2D eigenvalue weighted by Crippen LogP contribution is -1.88. The van der Waals surface area contributed by atoms with E-state index < -0.39 is 0 Å². The first-order chi connectivity index (χ1) is 8.72. The van der Waals surface area contributed by atoms with Crippen molar-refractivity contribution >= 4 is 22.2 Å². The summed E-state index contributed by atoms with van der Waals surface area (Å²) in [5.74, 6) is 1.17. The van der Waals surface area contributed by atoms with Gasteiger partial charge in [-0.25, -0.2) is 0 Å². The minimum Gasteiger partial charge on any atom is -0.456 e. The molecule has 18 heavy (non-hydrogen) atoms. The van der Waals surface area contributed by atoms with Gasteiger partial charge >= 0.3 is 0 Å². The Morgan fingerprint density at radius 2 is 2.06 bits per heavy atom. The van der Waals surface area contributed by atoms with Gasteiger partial charge in [0.15, 0.2) is 0 Å². The van der Waals surface area contributed by atoms with Gasteiger partial charge in [0.25, 0.3) is 0 Å². The van der Waals surface area contributed by atoms with E-state index in [9.17, 15) is 4.79 Å². The highest BCUT2D eigenvalue weighted by Gasteiger charge is 2.04. The lowest BCUT2D eigenvalue weighted by atomic mass is 10.2. The Hall–Kier alpha value is -2.12. The molecule has 4 heteroatoms. The molecule has 0 aliphatic heterocycles. The van der Waals surface area contributed by atoms with Gasteiger partial charge in [-0.3, -0.25) is 4.79 Å². The van der Waals surface area contributed by atoms with E-state index in [2.05, 4.69) is 15.9 Å². The van der Waals surface area contributed by atoms with E-state index in [0.29, 0.717) is 27.1 Å². The number of nitriles is 1. The Morgan fingerprint density at radius 3 is 2.72 bits per heavy atom. The summed E-state index contributed by atoms with van der Waals surface area (Å²) in [7, 11) is 0. The molecule has 0 saturated carbocycles. The molecular weight excluding hydrogens is 294 g/mol. The smallest absolute Gasteiger partial charge is 0.150 e. The topological polar surface area (TPSA) is 50.1 Å². The van der Waals surface area contributed by atoms with Gasteiger partial charge < -0.3 is 4.74 Å². The minimum atomic E-state index is 0.535. The maximum absolute atomic E-state index is 10.6. The quantitative estimate of drug-likeness (QED) is 0.807. The van der Waals surface area contributed by atoms with Crippen LogP contribution >= 0.6 is 15.9 Å². The van der Waals surface area contributed by atoms with Crippen molar-refractivity contribution in [2.75, 3.05) is 0 Å². The zero-order valence-electron chi connectivity index (χ0n) is 9.26. The number of carbonyl (C=O) groups excluding carboxylic acids is 1. The number of benzene rings is 2. The molecular formula is C14H8BrNO2. The first-order valence-corrected chi connectivity index (χ1v) is 5.95. The maximum Gasteiger partial charge on any atom is 0.150 e. The van der Waals surface area contributed by atoms with Gasteiger partial charge in [0.2, 0.25) is 0 Å². The third-order valence-electron chi connectivity index (χ3n) is 2.28. The van der Waals surface area contributed by atoms with Gasteiger partial charge in [-0.1, -0.05) is 6.07 Å². The molecule has 0 amide bonds. The number of rotatable bonds is 3. The van der Waals surface area contributed by atoms with E-state index >= 15 is 0 Å². The molecule has 0 radical (unpaired) electrons. The molecule has 0 heterocycles. The van der Waals surface area contributed by atoms with Crippen molar-refractivity contribution in [3.05, 3.63) is 58.1 Å². The molecule has 0 bridgehead atoms. The van der Waals surface area contributed by atoms with Crippen LogP contribution in [0.25, 0.3) is 0 Å². The van der Waals surface area contributed by atoms with Crippen LogP contribution in [0, 0.1) is 11.3 Å². The second-order valence-electron chi connectivity index (χ2n) is 3.55. The third kappa shape index (κ3) is 2.76. The zero-order valence-corrected chi connectivity index (χ0v) is 10.8. The Morgan fingerprint density at radius 1 is 1.22 bits per heavy atom. The summed E-state index contributed by atoms with van der Waals surface area (Å²) >= 11 is 3.33. The second-order valence-corrected chi connectivity index (χ2v) is 4.40. The first-order valence-electron chi connectivity index (χ1n) is 5.15. The molecule has 0 N–H and O–H groups in total. The highest BCUT2D eigenvalue weighted by atomic mass is 79.9. The molecule has 0 aliphatic rings. The van der Waals surface area contributed by atoms with Crippen molar-refractivity contribution < 1.29 is 9.53 Å². The van der Waals surface area contributed by atoms with Crippen LogP contribution in [-0.4, -0.2) is 6.29 Å². The van der Waals surface area contributed by atoms with Gasteiger partial charge in [-0.05, 0) is 52.3 Å². The average Bonchev–Trinajstić information content (AvgIpc) is 2.41. The van der Waals surface area contributed by atoms with Gasteiger partial charge in [-0.15, -0.1) is 0 Å². The molecule has 0 unspecified atom stereocenters. The Labute approximate surface area is 113 Å². The molecule has 0 atom stereocenters. The van der Waals surface area contributed by atoms with Crippen LogP contribution in [-0.2, 0) is 0 Å². The van der Waals surface area contributed by atoms with Gasteiger partial charge in [0, 0.05) is 5.56 Å². The van der Waals surface area contributed by atoms with Gasteiger partial charge in [0.1, 0.15) is 17.8 Å². The maximum atomic E-state index is 10.6. The Bertz CT molecular complexity index is 632. The van der Waals surface area contributed by atoms with Crippen molar-refractivity contribution in [3.63, 3.8) is 0 Å². The van der Waals surface area contributed by atoms with E-state index in [1.54, 1.807) is 42.5 Å². The number of ether oxygens (including phenoxy) is 1. The number of halogens is 1. The number of aldehydes is 1. The summed E-state index contributed by atoms with van der Waals surface area (Å²) in [6, 6.07) is 14.0. The molecule has 3 nitrogen and oxygen atoms in total. The Balaban J connectivity index is 2.28. The van der Waals surface area contributed by atoms with Crippen molar-refractivity contribution in [2.24, 2.45) is 0 Å². The van der Waals surface area contributed by atoms with Crippen LogP contribution in [0.5, 0.6) is 11.5 Å². The predicted octanol–water partition coefficient (Wildman–Crippen LogP) is 3.93. The normalized spacial score (nSPS) is 9.56. The third-order valence-corrected chi connectivity index (χ3v) is 2.90. The molecule has 0 fully saturated rings. The van der Waals surface area contributed by atoms with E-state index in [0.717, 1.165) is 6.29 Å². The summed E-state index contributed by atoms with van der Waals surface area (Å²) in [5, 5.41) is 8.80. The van der Waals surface area contributed by atoms with Crippen LogP contribution in [0.3, 0.4) is 0 Å². The van der Waals surface area contributed by atoms with Crippen LogP contribution in [0.4, 0.5) is 0 Å². The fourth-order valence-corrected chi connectivity index (χ4v) is 1.91. The van der Waals surface area contributed by atoms with Crippen LogP contribution in [0.2, 0.25) is 0 Å². The number of carbonyl (C=O) groups is 1. The molecule has 2 rings (SSSR count). The average molecular weight is 302 g/mol. The lowest BCUT2D eigenvalue weighted by molar-refractivity contribution is 0.112. The van der Waals surface area contributed by atoms with Crippen LogP contribution in [0.1, 0.15) is 15.9 Å². The summed E-state index contributed by atoms with van der Waals surface area (Å²) < 4.78 is 6.33. The highest BCUT2D eigenvalue weighted by molar-refractivity contribution is 9.10. The van der Waals surface area contributed by atoms with Gasteiger partial charge in [0.05, 0.1) is 16.1 Å². The Kier molecular flexibility index (Phi) is 3.75. The number of hydrogen-bond acceptors (Lipinski definition) is 3. The number of nitrogens with zero attached hydrogens (tertiary/aromatic N) is 1. The number of hydrogen-bond donors (Lipinski definition) is 0. The van der Waals surface area contributed by atoms with E-state index in [1.807, 2.05) is 6.07 Å². The molecule has 88 valence electrons. The summed E-state index contributed by atoms with van der Waals surface area (Å²) in [6.45, 7) is 0. The molecule has 0 aliphatic carbocycles. The SMILES string of the molecule is N#Cc1cccc(Oc2ccc(C=O)cc2Br)c1. The first kappa shape index (κ1) is 12.3. The van der Waals surface area contributed by atoms with Crippen LogP contribution in [0.15, 0.2) is 46.9 Å². The van der Waals surface area contributed by atoms with E-state index in [4.69, 9.17) is 10.00 Å². The predicted molar refractivity (Wildman–Crippen MR) is 70.8 cm³/mol. The van der Waals surface area contributed by atoms with Gasteiger partial charge in [-0.2, -0.15) is 5.26 Å². The fraction of sp³-hybridized carbons (Fsp3) is 0. The molecule has 0 spiro atoms. The molecule has 0 aromatic heterocycles. The van der Waals surface area contributed by atoms with Crippen molar-refractivity contribution in [1.29, 1.82) is 5.26 Å². The zero-order chi connectivity index (χ0) is 13.0. The second kappa shape index (κ2) is 5.48. The minimum absolute atomic E-state index is 0.535. The molecule has 2 aromatic rings. The van der Waals surface area contributed by atoms with E-state index in [1.165, 1.54) is 0 Å². The largest absolute Gasteiger partial charge is 0.456 e. The van der Waals surface area contributed by atoms with Crippen molar-refractivity contribution in [2.45, 2.75) is 0 Å². The summed E-state index contributed by atoms with van der Waals surface area (Å²) in [4.78, 5) is 10.6. The molecule has 0 saturated heterocycles. The van der Waals surface area contributed by atoms with E-state index in [-0.39, 0.29) is 0 Å². The highest BCUT2D eigenvalue weighted by Crippen LogP contribution is 2.30. The van der Waals surface area contributed by atoms with Crippen molar-refractivity contribution in [1.82, 2.24) is 0 Å². The van der Waals surface area contributed by atoms with Crippen molar-refractivity contribution in [3.8, 4) is 17.6 Å². The summed E-state index contributed by atoms with van der Waals surface area (Å²) in [5.41, 5.74) is 1.10. The summed E-state index contributed by atoms with van der Waals surface area (Å²) in [6.07, 6.45) is 0.769. The van der Waals surface area contributed by atoms with Crippen LogP contribution < -0.4 is 4.74 Å². The monoisotopic (exact) mass is 301 g/mol. The fourth-order valence-electron chi connectivity index (χ4n) is 1.43. The standard InChI is InChI=1S/C14H8BrNO2/c15-13-7-11(9-17)4-5-14(13)18-12-3-1-2-10(6-12)8-16/h1-7,9H. The lowest BCUT2D eigenvalue weighted by Gasteiger charge is -2.08. The molecule has 2 aromatic carbocycles.